The number of hydrogen-bond donors (Lipinski definition) is 2. The van der Waals surface area contributed by atoms with Gasteiger partial charge in [-0.2, -0.15) is 0 Å². The summed E-state index contributed by atoms with van der Waals surface area (Å²) >= 11 is 0. The quantitative estimate of drug-likeness (QED) is 0.460. The van der Waals surface area contributed by atoms with E-state index in [0.717, 1.165) is 38.5 Å². The van der Waals surface area contributed by atoms with Crippen LogP contribution < -0.4 is 0 Å². The Hall–Kier alpha value is -1.78. The molecule has 1 aromatic carbocycles. The maximum Gasteiger partial charge on any atom is 0.190 e. The van der Waals surface area contributed by atoms with Gasteiger partial charge in [-0.25, -0.2) is 0 Å². The summed E-state index contributed by atoms with van der Waals surface area (Å²) in [6.07, 6.45) is 9.74. The zero-order valence-electron chi connectivity index (χ0n) is 23.7. The maximum absolute atomic E-state index is 13.3. The minimum atomic E-state index is -0.295. The van der Waals surface area contributed by atoms with E-state index in [1.165, 1.54) is 19.3 Å². The number of ketones is 2. The van der Waals surface area contributed by atoms with Gasteiger partial charge in [-0.15, -0.1) is 0 Å². The van der Waals surface area contributed by atoms with Gasteiger partial charge < -0.3 is 10.2 Å². The van der Waals surface area contributed by atoms with E-state index < -0.39 is 0 Å². The lowest BCUT2D eigenvalue weighted by molar-refractivity contribution is -0.174. The summed E-state index contributed by atoms with van der Waals surface area (Å²) in [7, 11) is 0. The van der Waals surface area contributed by atoms with Gasteiger partial charge in [-0.05, 0) is 117 Å². The Labute approximate surface area is 228 Å². The molecule has 0 bridgehead atoms. The summed E-state index contributed by atoms with van der Waals surface area (Å²) in [5.74, 6) is 3.22. The van der Waals surface area contributed by atoms with Crippen molar-refractivity contribution in [2.24, 2.45) is 46.3 Å². The molecule has 0 spiro atoms. The molecule has 4 nitrogen and oxygen atoms in total. The normalized spacial score (nSPS) is 43.3. The Bertz CT molecular complexity index is 1170. The van der Waals surface area contributed by atoms with Crippen LogP contribution >= 0.6 is 0 Å². The van der Waals surface area contributed by atoms with E-state index >= 15 is 0 Å². The highest BCUT2D eigenvalue weighted by atomic mass is 16.3. The van der Waals surface area contributed by atoms with Gasteiger partial charge in [-0.1, -0.05) is 45.0 Å². The van der Waals surface area contributed by atoms with Gasteiger partial charge in [0.25, 0.3) is 0 Å². The van der Waals surface area contributed by atoms with Crippen molar-refractivity contribution in [2.45, 2.75) is 104 Å². The molecule has 4 saturated carbocycles. The van der Waals surface area contributed by atoms with Crippen molar-refractivity contribution in [3.8, 4) is 0 Å². The summed E-state index contributed by atoms with van der Waals surface area (Å²) < 4.78 is 0. The molecule has 0 aromatic heterocycles. The number of aliphatic hydroxyl groups excluding tert-OH is 2. The van der Waals surface area contributed by atoms with E-state index in [-0.39, 0.29) is 34.6 Å². The average molecular weight is 519 g/mol. The minimum Gasteiger partial charge on any atom is -0.393 e. The van der Waals surface area contributed by atoms with E-state index in [0.29, 0.717) is 64.2 Å². The van der Waals surface area contributed by atoms with Crippen LogP contribution in [0, 0.1) is 46.3 Å². The Morgan fingerprint density at radius 1 is 0.921 bits per heavy atom. The third-order valence-electron chi connectivity index (χ3n) is 12.8. The van der Waals surface area contributed by atoms with Crippen molar-refractivity contribution < 1.29 is 19.8 Å². The molecular formula is C34H46O4. The standard InChI is InChI=1S/C34H46O4/c1-19(9-11-23-20(2)31(37)24-7-5-6-8-25(24)32(23)38)27-13-14-28-26-12-10-21-17-22(35)15-16-33(21,3)29(26)18-30(36)34(27,28)4/h5-8,19,21-22,26-30,35-36H,9-18H2,1-4H3/t19-,21-,22-,26+,27-,28+,29+,30+,33+,34-/m1/s1. The number of benzene rings is 1. The fraction of sp³-hybridized carbons (Fsp3) is 0.706. The van der Waals surface area contributed by atoms with Crippen LogP contribution in [0.15, 0.2) is 35.4 Å². The highest BCUT2D eigenvalue weighted by Crippen LogP contribution is 2.68. The molecule has 4 heteroatoms. The Kier molecular flexibility index (Phi) is 6.54. The van der Waals surface area contributed by atoms with Gasteiger partial charge in [-0.3, -0.25) is 9.59 Å². The zero-order chi connectivity index (χ0) is 27.0. The van der Waals surface area contributed by atoms with Crippen LogP contribution in [-0.4, -0.2) is 34.0 Å². The zero-order valence-corrected chi connectivity index (χ0v) is 23.7. The maximum atomic E-state index is 13.3. The molecule has 0 radical (unpaired) electrons. The molecule has 0 saturated heterocycles. The van der Waals surface area contributed by atoms with Crippen LogP contribution in [0.1, 0.15) is 113 Å². The van der Waals surface area contributed by atoms with Gasteiger partial charge in [0.1, 0.15) is 0 Å². The fourth-order valence-corrected chi connectivity index (χ4v) is 10.6. The largest absolute Gasteiger partial charge is 0.393 e. The number of hydrogen-bond acceptors (Lipinski definition) is 4. The van der Waals surface area contributed by atoms with Gasteiger partial charge in [0, 0.05) is 22.3 Å². The smallest absolute Gasteiger partial charge is 0.190 e. The number of Topliss-reactive ketones (excluding diaryl/α,β-unsaturated/α-hetero) is 2. The van der Waals surface area contributed by atoms with Crippen LogP contribution in [0.5, 0.6) is 0 Å². The van der Waals surface area contributed by atoms with Crippen LogP contribution in [0.4, 0.5) is 0 Å². The number of allylic oxidation sites excluding steroid dienone is 2. The first-order valence-electron chi connectivity index (χ1n) is 15.3. The molecule has 206 valence electrons. The summed E-state index contributed by atoms with van der Waals surface area (Å²) in [4.78, 5) is 26.3. The molecule has 4 fully saturated rings. The van der Waals surface area contributed by atoms with Crippen molar-refractivity contribution >= 4 is 11.6 Å². The third-order valence-corrected chi connectivity index (χ3v) is 12.8. The summed E-state index contributed by atoms with van der Waals surface area (Å²) in [5, 5.41) is 22.2. The van der Waals surface area contributed by atoms with Crippen molar-refractivity contribution in [1.82, 2.24) is 0 Å². The summed E-state index contributed by atoms with van der Waals surface area (Å²) in [6.45, 7) is 8.98. The first-order chi connectivity index (χ1) is 18.1. The molecule has 0 heterocycles. The van der Waals surface area contributed by atoms with E-state index in [2.05, 4.69) is 20.8 Å². The van der Waals surface area contributed by atoms with Crippen LogP contribution in [-0.2, 0) is 0 Å². The van der Waals surface area contributed by atoms with Crippen LogP contribution in [0.3, 0.4) is 0 Å². The molecule has 38 heavy (non-hydrogen) atoms. The highest BCUT2D eigenvalue weighted by molar-refractivity contribution is 6.26. The molecular weight excluding hydrogens is 472 g/mol. The van der Waals surface area contributed by atoms with Gasteiger partial charge in [0.15, 0.2) is 11.6 Å². The second-order valence-electron chi connectivity index (χ2n) is 14.2. The SMILES string of the molecule is CC1=C(CC[C@@H](C)[C@H]2CC[C@H]3[C@@H]4CC[C@@H]5C[C@H](O)CC[C@]5(C)[C@H]4C[C@H](O)[C@]23C)C(=O)c2ccccc2C1=O. The molecule has 6 rings (SSSR count). The van der Waals surface area contributed by atoms with E-state index in [1.54, 1.807) is 12.1 Å². The Balaban J connectivity index is 1.19. The predicted octanol–water partition coefficient (Wildman–Crippen LogP) is 6.79. The first kappa shape index (κ1) is 26.4. The Morgan fingerprint density at radius 3 is 2.37 bits per heavy atom. The highest BCUT2D eigenvalue weighted by Gasteiger charge is 2.63. The number of carbonyl (C=O) groups excluding carboxylic acids is 2. The van der Waals surface area contributed by atoms with E-state index in [9.17, 15) is 19.8 Å². The molecule has 5 aliphatic carbocycles. The lowest BCUT2D eigenvalue weighted by Gasteiger charge is -2.62. The number of carbonyl (C=O) groups is 2. The van der Waals surface area contributed by atoms with Crippen molar-refractivity contribution in [1.29, 1.82) is 0 Å². The molecule has 0 amide bonds. The number of aliphatic hydroxyl groups is 2. The number of fused-ring (bicyclic) bond motifs is 6. The monoisotopic (exact) mass is 518 g/mol. The second-order valence-corrected chi connectivity index (χ2v) is 14.2. The van der Waals surface area contributed by atoms with Gasteiger partial charge in [0.05, 0.1) is 12.2 Å². The molecule has 2 N–H and O–H groups in total. The van der Waals surface area contributed by atoms with Crippen LogP contribution in [0.25, 0.3) is 0 Å². The van der Waals surface area contributed by atoms with Crippen molar-refractivity contribution in [3.63, 3.8) is 0 Å². The van der Waals surface area contributed by atoms with Gasteiger partial charge >= 0.3 is 0 Å². The lowest BCUT2D eigenvalue weighted by Crippen LogP contribution is -2.58. The fourth-order valence-electron chi connectivity index (χ4n) is 10.6. The lowest BCUT2D eigenvalue weighted by atomic mass is 9.43. The van der Waals surface area contributed by atoms with E-state index in [4.69, 9.17) is 0 Å². The van der Waals surface area contributed by atoms with Crippen LogP contribution in [0.2, 0.25) is 0 Å². The predicted molar refractivity (Wildman–Crippen MR) is 149 cm³/mol. The minimum absolute atomic E-state index is 0.0104. The molecule has 10 atom stereocenters. The van der Waals surface area contributed by atoms with Crippen molar-refractivity contribution in [2.75, 3.05) is 0 Å². The van der Waals surface area contributed by atoms with E-state index in [1.807, 2.05) is 19.1 Å². The molecule has 0 aliphatic heterocycles. The summed E-state index contributed by atoms with van der Waals surface area (Å²) in [6, 6.07) is 7.21. The van der Waals surface area contributed by atoms with Crippen molar-refractivity contribution in [3.05, 3.63) is 46.5 Å². The molecule has 5 aliphatic rings. The topological polar surface area (TPSA) is 74.6 Å². The third kappa shape index (κ3) is 3.76. The Morgan fingerprint density at radius 2 is 1.63 bits per heavy atom. The molecule has 0 unspecified atom stereocenters. The molecule has 1 aromatic rings. The summed E-state index contributed by atoms with van der Waals surface area (Å²) in [5.41, 5.74) is 2.55. The second kappa shape index (κ2) is 9.41. The first-order valence-corrected chi connectivity index (χ1v) is 15.3. The van der Waals surface area contributed by atoms with Gasteiger partial charge in [0.2, 0.25) is 0 Å². The number of rotatable bonds is 4. The average Bonchev–Trinajstić information content (AvgIpc) is 3.27.